The summed E-state index contributed by atoms with van der Waals surface area (Å²) in [7, 11) is 0. The third-order valence-electron chi connectivity index (χ3n) is 3.65. The summed E-state index contributed by atoms with van der Waals surface area (Å²) < 4.78 is 5.59. The lowest BCUT2D eigenvalue weighted by Gasteiger charge is -2.20. The highest BCUT2D eigenvalue weighted by Gasteiger charge is 2.40. The molecule has 2 bridgehead atoms. The molecule has 0 aliphatic carbocycles. The number of fused-ring (bicyclic) bond motifs is 2. The largest absolute Gasteiger partial charge is 0.437 e. The molecule has 0 N–H and O–H groups in total. The Kier molecular flexibility index (Phi) is 1.87. The number of hydrogen-bond acceptors (Lipinski definition) is 3. The number of carbonyl (C=O) groups is 1. The molecule has 1 aromatic rings. The van der Waals surface area contributed by atoms with Crippen LogP contribution in [0.25, 0.3) is 0 Å². The zero-order valence-corrected chi connectivity index (χ0v) is 8.90. The van der Waals surface area contributed by atoms with Crippen molar-refractivity contribution < 1.29 is 9.21 Å². The first-order valence-electron chi connectivity index (χ1n) is 5.65. The summed E-state index contributed by atoms with van der Waals surface area (Å²) in [6.45, 7) is 1.54. The van der Waals surface area contributed by atoms with Crippen LogP contribution >= 0.6 is 0 Å². The van der Waals surface area contributed by atoms with E-state index < -0.39 is 0 Å². The number of anilines is 1. The van der Waals surface area contributed by atoms with Crippen molar-refractivity contribution in [2.24, 2.45) is 0 Å². The molecule has 0 atom stereocenters. The molecule has 3 nitrogen and oxygen atoms in total. The van der Waals surface area contributed by atoms with Crippen molar-refractivity contribution in [1.82, 2.24) is 0 Å². The summed E-state index contributed by atoms with van der Waals surface area (Å²) in [4.78, 5) is 13.5. The molecule has 0 amide bonds. The van der Waals surface area contributed by atoms with Gasteiger partial charge in [0.1, 0.15) is 0 Å². The van der Waals surface area contributed by atoms with E-state index >= 15 is 0 Å². The minimum Gasteiger partial charge on any atom is -0.437 e. The lowest BCUT2D eigenvalue weighted by atomic mass is 10.0. The minimum atomic E-state index is 0.00722. The Labute approximate surface area is 89.1 Å². The third kappa shape index (κ3) is 1.29. The zero-order chi connectivity index (χ0) is 10.4. The Morgan fingerprint density at radius 2 is 1.87 bits per heavy atom. The maximum absolute atomic E-state index is 11.1. The molecule has 2 aliphatic heterocycles. The zero-order valence-electron chi connectivity index (χ0n) is 8.90. The number of ketones is 1. The molecule has 0 unspecified atom stereocenters. The maximum atomic E-state index is 11.1. The molecule has 0 saturated carbocycles. The van der Waals surface area contributed by atoms with Gasteiger partial charge < -0.3 is 9.32 Å². The fourth-order valence-electron chi connectivity index (χ4n) is 2.93. The monoisotopic (exact) mass is 205 g/mol. The second-order valence-corrected chi connectivity index (χ2v) is 4.56. The Balaban J connectivity index is 1.90. The number of rotatable bonds is 2. The van der Waals surface area contributed by atoms with E-state index in [0.29, 0.717) is 17.8 Å². The average molecular weight is 205 g/mol. The van der Waals surface area contributed by atoms with Crippen LogP contribution in [0.2, 0.25) is 0 Å². The van der Waals surface area contributed by atoms with Crippen LogP contribution in [0.1, 0.15) is 43.2 Å². The summed E-state index contributed by atoms with van der Waals surface area (Å²) in [6.07, 6.45) is 5.11. The van der Waals surface area contributed by atoms with E-state index in [9.17, 15) is 4.79 Å². The van der Waals surface area contributed by atoms with E-state index in [2.05, 4.69) is 4.90 Å². The van der Waals surface area contributed by atoms with E-state index in [1.165, 1.54) is 25.7 Å². The highest BCUT2D eigenvalue weighted by Crippen LogP contribution is 2.41. The molecule has 0 spiro atoms. The van der Waals surface area contributed by atoms with Gasteiger partial charge in [-0.25, -0.2) is 0 Å². The second kappa shape index (κ2) is 3.12. The third-order valence-corrected chi connectivity index (χ3v) is 3.65. The van der Waals surface area contributed by atoms with Crippen LogP contribution in [-0.2, 0) is 0 Å². The number of furan rings is 1. The van der Waals surface area contributed by atoms with Gasteiger partial charge in [0.05, 0.1) is 0 Å². The van der Waals surface area contributed by atoms with Crippen molar-refractivity contribution in [2.45, 2.75) is 44.7 Å². The molecule has 0 radical (unpaired) electrons. The summed E-state index contributed by atoms with van der Waals surface area (Å²) in [5.41, 5.74) is 0. The van der Waals surface area contributed by atoms with Crippen molar-refractivity contribution in [3.05, 3.63) is 17.9 Å². The quantitative estimate of drug-likeness (QED) is 0.696. The van der Waals surface area contributed by atoms with Gasteiger partial charge in [0.2, 0.25) is 0 Å². The van der Waals surface area contributed by atoms with Gasteiger partial charge in [0, 0.05) is 25.1 Å². The Hall–Kier alpha value is -1.25. The molecule has 1 aromatic heterocycles. The van der Waals surface area contributed by atoms with Crippen LogP contribution in [0.5, 0.6) is 0 Å². The summed E-state index contributed by atoms with van der Waals surface area (Å²) >= 11 is 0. The molecule has 80 valence electrons. The van der Waals surface area contributed by atoms with Crippen LogP contribution in [-0.4, -0.2) is 17.9 Å². The van der Waals surface area contributed by atoms with Gasteiger partial charge in [-0.1, -0.05) is 0 Å². The smallest absolute Gasteiger partial charge is 0.196 e. The molecule has 15 heavy (non-hydrogen) atoms. The fourth-order valence-corrected chi connectivity index (χ4v) is 2.93. The van der Waals surface area contributed by atoms with E-state index in [1.807, 2.05) is 6.07 Å². The number of hydrogen-bond donors (Lipinski definition) is 0. The molecular weight excluding hydrogens is 190 g/mol. The van der Waals surface area contributed by atoms with E-state index in [0.717, 1.165) is 5.88 Å². The van der Waals surface area contributed by atoms with Gasteiger partial charge in [0.25, 0.3) is 0 Å². The minimum absolute atomic E-state index is 0.00722. The topological polar surface area (TPSA) is 33.5 Å². The first kappa shape index (κ1) is 9.01. The molecular formula is C12H15NO2. The van der Waals surface area contributed by atoms with Gasteiger partial charge in [-0.05, 0) is 31.7 Å². The predicted octanol–water partition coefficient (Wildman–Crippen LogP) is 2.61. The average Bonchev–Trinajstić information content (AvgIpc) is 2.90. The van der Waals surface area contributed by atoms with E-state index in [4.69, 9.17) is 4.42 Å². The van der Waals surface area contributed by atoms with E-state index in [-0.39, 0.29) is 5.78 Å². The predicted molar refractivity (Wildman–Crippen MR) is 57.2 cm³/mol. The Bertz CT molecular complexity index is 376. The summed E-state index contributed by atoms with van der Waals surface area (Å²) in [5, 5.41) is 0. The van der Waals surface area contributed by atoms with Gasteiger partial charge in [-0.2, -0.15) is 0 Å². The molecule has 2 saturated heterocycles. The van der Waals surface area contributed by atoms with Crippen molar-refractivity contribution in [1.29, 1.82) is 0 Å². The van der Waals surface area contributed by atoms with E-state index in [1.54, 1.807) is 13.0 Å². The summed E-state index contributed by atoms with van der Waals surface area (Å²) in [5.74, 6) is 1.38. The highest BCUT2D eigenvalue weighted by atomic mass is 16.4. The summed E-state index contributed by atoms with van der Waals surface area (Å²) in [6, 6.07) is 5.03. The standard InChI is InChI=1S/C12H15NO2/c1-8(14)11-6-7-12(15-11)13-9-2-3-10(13)5-4-9/h6-7,9-10H,2-5H2,1H3. The Morgan fingerprint density at radius 1 is 1.27 bits per heavy atom. The SMILES string of the molecule is CC(=O)c1ccc(N2C3CCC2CC3)o1. The van der Waals surface area contributed by atoms with Gasteiger partial charge in [-0.3, -0.25) is 4.79 Å². The first-order valence-corrected chi connectivity index (χ1v) is 5.65. The molecule has 3 heteroatoms. The molecule has 3 rings (SSSR count). The normalized spacial score (nSPS) is 28.7. The van der Waals surface area contributed by atoms with Crippen molar-refractivity contribution >= 4 is 11.7 Å². The number of nitrogens with zero attached hydrogens (tertiary/aromatic N) is 1. The number of Topliss-reactive ketones (excluding diaryl/α,β-unsaturated/α-hetero) is 1. The van der Waals surface area contributed by atoms with Crippen LogP contribution in [0.4, 0.5) is 5.88 Å². The van der Waals surface area contributed by atoms with Gasteiger partial charge in [-0.15, -0.1) is 0 Å². The van der Waals surface area contributed by atoms with Crippen molar-refractivity contribution in [3.63, 3.8) is 0 Å². The maximum Gasteiger partial charge on any atom is 0.196 e. The first-order chi connectivity index (χ1) is 7.25. The molecule has 3 heterocycles. The van der Waals surface area contributed by atoms with Crippen LogP contribution < -0.4 is 4.90 Å². The fraction of sp³-hybridized carbons (Fsp3) is 0.583. The lowest BCUT2D eigenvalue weighted by Crippen LogP contribution is -2.27. The molecule has 0 aromatic carbocycles. The molecule has 2 fully saturated rings. The van der Waals surface area contributed by atoms with Crippen LogP contribution in [0.3, 0.4) is 0 Å². The highest BCUT2D eigenvalue weighted by molar-refractivity contribution is 5.91. The lowest BCUT2D eigenvalue weighted by molar-refractivity contribution is 0.0987. The molecule has 2 aliphatic rings. The van der Waals surface area contributed by atoms with Gasteiger partial charge >= 0.3 is 0 Å². The Morgan fingerprint density at radius 3 is 2.33 bits per heavy atom. The van der Waals surface area contributed by atoms with Crippen molar-refractivity contribution in [2.75, 3.05) is 4.90 Å². The van der Waals surface area contributed by atoms with Gasteiger partial charge in [0.15, 0.2) is 17.4 Å². The van der Waals surface area contributed by atoms with Crippen LogP contribution in [0.15, 0.2) is 16.5 Å². The number of carbonyl (C=O) groups excluding carboxylic acids is 1. The second-order valence-electron chi connectivity index (χ2n) is 4.56. The van der Waals surface area contributed by atoms with Crippen molar-refractivity contribution in [3.8, 4) is 0 Å². The van der Waals surface area contributed by atoms with Crippen LogP contribution in [0, 0.1) is 0 Å².